The largest absolute Gasteiger partial charge is 0.467 e. The molecule has 182 valence electrons. The van der Waals surface area contributed by atoms with Gasteiger partial charge in [0.2, 0.25) is 15.9 Å². The molecule has 0 aliphatic heterocycles. The Hall–Kier alpha value is -2.79. The Morgan fingerprint density at radius 1 is 1.23 bits per heavy atom. The minimum atomic E-state index is -3.97. The molecule has 4 rings (SSSR count). The maximum atomic E-state index is 15.1. The Balaban J connectivity index is 1.80. The topological polar surface area (TPSA) is 98.2 Å². The summed E-state index contributed by atoms with van der Waals surface area (Å²) in [4.78, 5) is 21.7. The number of hydrogen-bond donors (Lipinski definition) is 1. The number of benzene rings is 2. The summed E-state index contributed by atoms with van der Waals surface area (Å²) in [7, 11) is -3.97. The highest BCUT2D eigenvalue weighted by Crippen LogP contribution is 2.39. The third-order valence-electron chi connectivity index (χ3n) is 4.96. The zero-order valence-electron chi connectivity index (χ0n) is 18.6. The van der Waals surface area contributed by atoms with Gasteiger partial charge in [-0.3, -0.25) is 4.79 Å². The predicted molar refractivity (Wildman–Crippen MR) is 135 cm³/mol. The van der Waals surface area contributed by atoms with Crippen LogP contribution in [0.1, 0.15) is 34.0 Å². The number of ether oxygens (including phenoxy) is 1. The Bertz CT molecular complexity index is 1570. The van der Waals surface area contributed by atoms with E-state index in [0.29, 0.717) is 15.6 Å². The summed E-state index contributed by atoms with van der Waals surface area (Å²) in [5, 5.41) is 0.903. The van der Waals surface area contributed by atoms with Crippen LogP contribution < -0.4 is 9.46 Å². The predicted octanol–water partition coefficient (Wildman–Crippen LogP) is 5.94. The van der Waals surface area contributed by atoms with Crippen molar-refractivity contribution in [1.82, 2.24) is 14.7 Å². The van der Waals surface area contributed by atoms with Crippen molar-refractivity contribution in [2.24, 2.45) is 0 Å². The average molecular weight is 554 g/mol. The lowest BCUT2D eigenvalue weighted by Crippen LogP contribution is -2.30. The van der Waals surface area contributed by atoms with E-state index in [1.165, 1.54) is 23.6 Å². The standard InChI is InChI=1S/C23H18Cl2FN3O4S2/c1-11-9-15(25)20(26)19(21(30)29-35(3,31)32)18(11)14-5-4-8-27-22(14)33-12(2)23-28-16-10-13(24)6-7-17(16)34-23/h4-10,12H,1-3H3,(H,29,30)/t12-/m0/s1. The molecule has 2 aromatic carbocycles. The van der Waals surface area contributed by atoms with Crippen LogP contribution in [0.15, 0.2) is 42.6 Å². The van der Waals surface area contributed by atoms with Gasteiger partial charge in [0, 0.05) is 22.3 Å². The van der Waals surface area contributed by atoms with Gasteiger partial charge in [0.1, 0.15) is 11.1 Å². The van der Waals surface area contributed by atoms with E-state index in [0.717, 1.165) is 16.5 Å². The van der Waals surface area contributed by atoms with Gasteiger partial charge in [-0.05, 0) is 55.8 Å². The first kappa shape index (κ1) is 25.3. The molecule has 0 bridgehead atoms. The molecule has 0 aliphatic rings. The summed E-state index contributed by atoms with van der Waals surface area (Å²) < 4.78 is 47.3. The van der Waals surface area contributed by atoms with E-state index >= 15 is 4.39 Å². The van der Waals surface area contributed by atoms with Crippen molar-refractivity contribution >= 4 is 60.7 Å². The van der Waals surface area contributed by atoms with E-state index in [1.807, 2.05) is 6.07 Å². The Kier molecular flexibility index (Phi) is 7.01. The number of aromatic nitrogens is 2. The number of thiazole rings is 1. The fourth-order valence-corrected chi connectivity index (χ4v) is 5.31. The molecular formula is C23H18Cl2FN3O4S2. The summed E-state index contributed by atoms with van der Waals surface area (Å²) in [5.41, 5.74) is 1.02. The number of carbonyl (C=O) groups is 1. The molecule has 0 spiro atoms. The fraction of sp³-hybridized carbons (Fsp3) is 0.174. The van der Waals surface area contributed by atoms with Crippen LogP contribution in [-0.2, 0) is 10.0 Å². The smallest absolute Gasteiger partial charge is 0.268 e. The van der Waals surface area contributed by atoms with E-state index in [2.05, 4.69) is 9.97 Å². The minimum Gasteiger partial charge on any atom is -0.467 e. The highest BCUT2D eigenvalue weighted by molar-refractivity contribution is 7.89. The van der Waals surface area contributed by atoms with Crippen LogP contribution in [0, 0.1) is 12.7 Å². The van der Waals surface area contributed by atoms with Crippen molar-refractivity contribution in [1.29, 1.82) is 0 Å². The third-order valence-corrected chi connectivity index (χ3v) is 7.23. The van der Waals surface area contributed by atoms with E-state index < -0.39 is 33.4 Å². The fourth-order valence-electron chi connectivity index (χ4n) is 3.52. The third kappa shape index (κ3) is 5.40. The molecule has 35 heavy (non-hydrogen) atoms. The normalized spacial score (nSPS) is 12.5. The van der Waals surface area contributed by atoms with Gasteiger partial charge in [-0.15, -0.1) is 11.3 Å². The number of sulfonamides is 1. The summed E-state index contributed by atoms with van der Waals surface area (Å²) in [6.07, 6.45) is 1.73. The molecule has 0 unspecified atom stereocenters. The summed E-state index contributed by atoms with van der Waals surface area (Å²) in [5.74, 6) is -2.11. The molecule has 12 heteroatoms. The van der Waals surface area contributed by atoms with Crippen molar-refractivity contribution < 1.29 is 22.3 Å². The van der Waals surface area contributed by atoms with Gasteiger partial charge in [-0.25, -0.2) is 27.5 Å². The molecule has 2 heterocycles. The number of carbonyl (C=O) groups excluding carboxylic acids is 1. The summed E-state index contributed by atoms with van der Waals surface area (Å²) >= 11 is 13.5. The first-order valence-corrected chi connectivity index (χ1v) is 13.6. The number of nitrogens with zero attached hydrogens (tertiary/aromatic N) is 2. The Morgan fingerprint density at radius 2 is 1.97 bits per heavy atom. The van der Waals surface area contributed by atoms with Crippen LogP contribution in [0.4, 0.5) is 4.39 Å². The molecular weight excluding hydrogens is 536 g/mol. The molecule has 0 fully saturated rings. The first-order valence-electron chi connectivity index (χ1n) is 10.1. The number of amides is 1. The monoisotopic (exact) mass is 553 g/mol. The lowest BCUT2D eigenvalue weighted by Gasteiger charge is -2.19. The van der Waals surface area contributed by atoms with Gasteiger partial charge in [-0.1, -0.05) is 23.2 Å². The second-order valence-electron chi connectivity index (χ2n) is 7.72. The maximum Gasteiger partial charge on any atom is 0.268 e. The molecule has 1 amide bonds. The minimum absolute atomic E-state index is 0.107. The molecule has 0 radical (unpaired) electrons. The second-order valence-corrected chi connectivity index (χ2v) is 11.4. The van der Waals surface area contributed by atoms with Crippen LogP contribution in [0.25, 0.3) is 21.3 Å². The molecule has 7 nitrogen and oxygen atoms in total. The number of pyridine rings is 1. The SMILES string of the molecule is Cc1cc(Cl)c(F)c(C(=O)NS(C)(=O)=O)c1-c1cccnc1O[C@@H](C)c1nc2cc(Cl)ccc2s1. The van der Waals surface area contributed by atoms with Gasteiger partial charge in [0.15, 0.2) is 5.82 Å². The van der Waals surface area contributed by atoms with Gasteiger partial charge in [-0.2, -0.15) is 0 Å². The number of hydrogen-bond acceptors (Lipinski definition) is 7. The highest BCUT2D eigenvalue weighted by Gasteiger charge is 2.27. The lowest BCUT2D eigenvalue weighted by molar-refractivity contribution is 0.0978. The quantitative estimate of drug-likeness (QED) is 0.317. The molecule has 0 saturated heterocycles. The van der Waals surface area contributed by atoms with Crippen molar-refractivity contribution in [3.63, 3.8) is 0 Å². The average Bonchev–Trinajstić information content (AvgIpc) is 3.19. The van der Waals surface area contributed by atoms with Gasteiger partial charge in [0.25, 0.3) is 5.91 Å². The lowest BCUT2D eigenvalue weighted by atomic mass is 9.94. The number of nitrogens with one attached hydrogen (secondary N) is 1. The number of fused-ring (bicyclic) bond motifs is 1. The molecule has 4 aromatic rings. The molecule has 0 saturated carbocycles. The number of halogens is 3. The van der Waals surface area contributed by atoms with E-state index in [-0.39, 0.29) is 22.0 Å². The second kappa shape index (κ2) is 9.69. The molecule has 1 atom stereocenters. The summed E-state index contributed by atoms with van der Waals surface area (Å²) in [6.45, 7) is 3.40. The molecule has 0 aliphatic carbocycles. The van der Waals surface area contributed by atoms with E-state index in [1.54, 1.807) is 42.8 Å². The van der Waals surface area contributed by atoms with Gasteiger partial charge >= 0.3 is 0 Å². The maximum absolute atomic E-state index is 15.1. The van der Waals surface area contributed by atoms with Crippen LogP contribution in [0.5, 0.6) is 5.88 Å². The van der Waals surface area contributed by atoms with Crippen LogP contribution in [0.2, 0.25) is 10.0 Å². The van der Waals surface area contributed by atoms with Crippen LogP contribution in [-0.4, -0.2) is 30.5 Å². The first-order chi connectivity index (χ1) is 16.4. The van der Waals surface area contributed by atoms with Crippen LogP contribution >= 0.6 is 34.5 Å². The molecule has 1 N–H and O–H groups in total. The van der Waals surface area contributed by atoms with Crippen molar-refractivity contribution in [3.05, 3.63) is 74.6 Å². The van der Waals surface area contributed by atoms with Gasteiger partial charge < -0.3 is 4.74 Å². The van der Waals surface area contributed by atoms with Gasteiger partial charge in [0.05, 0.1) is 27.1 Å². The Morgan fingerprint density at radius 3 is 2.69 bits per heavy atom. The zero-order chi connectivity index (χ0) is 25.5. The van der Waals surface area contributed by atoms with E-state index in [4.69, 9.17) is 27.9 Å². The number of aryl methyl sites for hydroxylation is 1. The van der Waals surface area contributed by atoms with E-state index in [9.17, 15) is 13.2 Å². The number of rotatable bonds is 6. The van der Waals surface area contributed by atoms with Crippen molar-refractivity contribution in [3.8, 4) is 17.0 Å². The Labute approximate surface area is 214 Å². The highest BCUT2D eigenvalue weighted by atomic mass is 35.5. The van der Waals surface area contributed by atoms with Crippen molar-refractivity contribution in [2.45, 2.75) is 20.0 Å². The zero-order valence-corrected chi connectivity index (χ0v) is 21.7. The summed E-state index contributed by atoms with van der Waals surface area (Å²) in [6, 6.07) is 9.93. The van der Waals surface area contributed by atoms with Crippen molar-refractivity contribution in [2.75, 3.05) is 6.26 Å². The van der Waals surface area contributed by atoms with Crippen LogP contribution in [0.3, 0.4) is 0 Å². The molecule has 2 aromatic heterocycles.